The van der Waals surface area contributed by atoms with Crippen LogP contribution in [0.2, 0.25) is 0 Å². The van der Waals surface area contributed by atoms with Crippen LogP contribution in [0.3, 0.4) is 0 Å². The molecular formula is C7H11NO4. The van der Waals surface area contributed by atoms with E-state index in [0.717, 1.165) is 6.08 Å². The summed E-state index contributed by atoms with van der Waals surface area (Å²) in [7, 11) is 0. The minimum absolute atomic E-state index is 0.681. The van der Waals surface area contributed by atoms with Crippen molar-refractivity contribution >= 4 is 11.9 Å². The SMILES string of the molecule is C=CC(=O)OC(C)[C@H](N)C(=O)O. The Balaban J connectivity index is 4.03. The van der Waals surface area contributed by atoms with Crippen LogP contribution < -0.4 is 5.73 Å². The maximum Gasteiger partial charge on any atom is 0.330 e. The van der Waals surface area contributed by atoms with Gasteiger partial charge in [0.25, 0.3) is 0 Å². The van der Waals surface area contributed by atoms with E-state index in [4.69, 9.17) is 10.8 Å². The number of hydrogen-bond donors (Lipinski definition) is 2. The standard InChI is InChI=1S/C7H11NO4/c1-3-5(9)12-4(2)6(8)7(10)11/h3-4,6H,1,8H2,2H3,(H,10,11)/t4?,6-/m0/s1. The normalized spacial score (nSPS) is 14.5. The molecule has 0 spiro atoms. The Morgan fingerprint density at radius 2 is 2.17 bits per heavy atom. The van der Waals surface area contributed by atoms with Gasteiger partial charge in [0.15, 0.2) is 0 Å². The lowest BCUT2D eigenvalue weighted by Crippen LogP contribution is -2.42. The van der Waals surface area contributed by atoms with E-state index in [-0.39, 0.29) is 0 Å². The zero-order valence-corrected chi connectivity index (χ0v) is 6.69. The molecule has 0 fully saturated rings. The molecule has 5 heteroatoms. The zero-order chi connectivity index (χ0) is 9.72. The van der Waals surface area contributed by atoms with E-state index in [2.05, 4.69) is 11.3 Å². The summed E-state index contributed by atoms with van der Waals surface area (Å²) in [5, 5.41) is 8.40. The van der Waals surface area contributed by atoms with Crippen molar-refractivity contribution in [1.29, 1.82) is 0 Å². The van der Waals surface area contributed by atoms with Gasteiger partial charge in [-0.1, -0.05) is 6.58 Å². The van der Waals surface area contributed by atoms with Gasteiger partial charge >= 0.3 is 11.9 Å². The molecule has 0 radical (unpaired) electrons. The summed E-state index contributed by atoms with van der Waals surface area (Å²) in [5.41, 5.74) is 5.15. The van der Waals surface area contributed by atoms with Crippen molar-refractivity contribution in [3.63, 3.8) is 0 Å². The van der Waals surface area contributed by atoms with E-state index in [1.807, 2.05) is 0 Å². The maximum absolute atomic E-state index is 10.6. The van der Waals surface area contributed by atoms with Crippen molar-refractivity contribution in [3.05, 3.63) is 12.7 Å². The highest BCUT2D eigenvalue weighted by Crippen LogP contribution is 1.97. The molecule has 0 aliphatic carbocycles. The van der Waals surface area contributed by atoms with Crippen LogP contribution in [-0.4, -0.2) is 29.2 Å². The number of carbonyl (C=O) groups excluding carboxylic acids is 1. The quantitative estimate of drug-likeness (QED) is 0.442. The minimum atomic E-state index is -1.21. The number of carbonyl (C=O) groups is 2. The van der Waals surface area contributed by atoms with E-state index < -0.39 is 24.1 Å². The Bertz CT molecular complexity index is 202. The molecule has 0 aromatic heterocycles. The number of rotatable bonds is 4. The summed E-state index contributed by atoms with van der Waals surface area (Å²) in [6.45, 7) is 4.56. The zero-order valence-electron chi connectivity index (χ0n) is 6.69. The Morgan fingerprint density at radius 3 is 2.50 bits per heavy atom. The fourth-order valence-corrected chi connectivity index (χ4v) is 0.505. The predicted octanol–water partition coefficient (Wildman–Crippen LogP) is -0.484. The fraction of sp³-hybridized carbons (Fsp3) is 0.429. The molecule has 3 N–H and O–H groups in total. The molecule has 0 heterocycles. The van der Waals surface area contributed by atoms with E-state index in [1.165, 1.54) is 6.92 Å². The maximum atomic E-state index is 10.6. The molecule has 0 saturated carbocycles. The summed E-state index contributed by atoms with van der Waals surface area (Å²) in [4.78, 5) is 20.8. The Labute approximate surface area is 69.8 Å². The van der Waals surface area contributed by atoms with Gasteiger partial charge in [-0.2, -0.15) is 0 Å². The second kappa shape index (κ2) is 4.50. The highest BCUT2D eigenvalue weighted by Gasteiger charge is 2.22. The summed E-state index contributed by atoms with van der Waals surface area (Å²) < 4.78 is 4.56. The Hall–Kier alpha value is -1.36. The lowest BCUT2D eigenvalue weighted by Gasteiger charge is -2.15. The van der Waals surface area contributed by atoms with Gasteiger partial charge in [-0.25, -0.2) is 4.79 Å². The highest BCUT2D eigenvalue weighted by molar-refractivity contribution is 5.82. The summed E-state index contributed by atoms with van der Waals surface area (Å²) in [6.07, 6.45) is 0.0958. The number of carboxylic acids is 1. The largest absolute Gasteiger partial charge is 0.480 e. The second-order valence-corrected chi connectivity index (χ2v) is 2.21. The van der Waals surface area contributed by atoms with Crippen LogP contribution >= 0.6 is 0 Å². The predicted molar refractivity (Wildman–Crippen MR) is 41.4 cm³/mol. The molecule has 0 aromatic carbocycles. The summed E-state index contributed by atoms with van der Waals surface area (Å²) in [6, 6.07) is -1.20. The Kier molecular flexibility index (Phi) is 3.99. The summed E-state index contributed by atoms with van der Waals surface area (Å²) in [5.74, 6) is -1.89. The van der Waals surface area contributed by atoms with Gasteiger partial charge in [0.05, 0.1) is 0 Å². The first-order valence-corrected chi connectivity index (χ1v) is 3.30. The van der Waals surface area contributed by atoms with E-state index >= 15 is 0 Å². The number of carboxylic acid groups (broad SMARTS) is 1. The van der Waals surface area contributed by atoms with E-state index in [9.17, 15) is 9.59 Å². The number of esters is 1. The lowest BCUT2D eigenvalue weighted by molar-refractivity contribution is -0.149. The van der Waals surface area contributed by atoms with Crippen molar-refractivity contribution in [1.82, 2.24) is 0 Å². The van der Waals surface area contributed by atoms with Crippen molar-refractivity contribution in [2.75, 3.05) is 0 Å². The molecule has 0 aliphatic rings. The third-order valence-electron chi connectivity index (χ3n) is 1.26. The smallest absolute Gasteiger partial charge is 0.330 e. The molecule has 0 aliphatic heterocycles. The lowest BCUT2D eigenvalue weighted by atomic mass is 10.2. The van der Waals surface area contributed by atoms with Gasteiger partial charge in [0.2, 0.25) is 0 Å². The van der Waals surface area contributed by atoms with Crippen molar-refractivity contribution in [2.45, 2.75) is 19.1 Å². The first-order chi connectivity index (χ1) is 5.49. The molecule has 0 amide bonds. The van der Waals surface area contributed by atoms with Gasteiger partial charge in [-0.15, -0.1) is 0 Å². The molecular weight excluding hydrogens is 162 g/mol. The average Bonchev–Trinajstić information content (AvgIpc) is 2.02. The molecule has 2 atom stereocenters. The molecule has 1 unspecified atom stereocenters. The molecule has 0 saturated heterocycles. The number of ether oxygens (including phenoxy) is 1. The number of hydrogen-bond acceptors (Lipinski definition) is 4. The molecule has 5 nitrogen and oxygen atoms in total. The van der Waals surface area contributed by atoms with Crippen LogP contribution in [0.1, 0.15) is 6.92 Å². The Morgan fingerprint density at radius 1 is 1.67 bits per heavy atom. The highest BCUT2D eigenvalue weighted by atomic mass is 16.5. The van der Waals surface area contributed by atoms with Crippen LogP contribution in [0.25, 0.3) is 0 Å². The topological polar surface area (TPSA) is 89.6 Å². The van der Waals surface area contributed by atoms with Gasteiger partial charge in [0, 0.05) is 6.08 Å². The third-order valence-corrected chi connectivity index (χ3v) is 1.26. The number of nitrogens with two attached hydrogens (primary N) is 1. The van der Waals surface area contributed by atoms with Crippen LogP contribution in [-0.2, 0) is 14.3 Å². The van der Waals surface area contributed by atoms with Crippen molar-refractivity contribution < 1.29 is 19.4 Å². The van der Waals surface area contributed by atoms with Crippen molar-refractivity contribution in [3.8, 4) is 0 Å². The molecule has 0 bridgehead atoms. The fourth-order valence-electron chi connectivity index (χ4n) is 0.505. The van der Waals surface area contributed by atoms with Gasteiger partial charge in [-0.05, 0) is 6.92 Å². The van der Waals surface area contributed by atoms with Crippen LogP contribution in [0.5, 0.6) is 0 Å². The van der Waals surface area contributed by atoms with Gasteiger partial charge < -0.3 is 15.6 Å². The first-order valence-electron chi connectivity index (χ1n) is 3.30. The van der Waals surface area contributed by atoms with Crippen molar-refractivity contribution in [2.24, 2.45) is 5.73 Å². The molecule has 12 heavy (non-hydrogen) atoms. The van der Waals surface area contributed by atoms with E-state index in [1.54, 1.807) is 0 Å². The van der Waals surface area contributed by atoms with Gasteiger partial charge in [0.1, 0.15) is 12.1 Å². The van der Waals surface area contributed by atoms with Crippen LogP contribution in [0, 0.1) is 0 Å². The number of aliphatic carboxylic acids is 1. The molecule has 0 aromatic rings. The average molecular weight is 173 g/mol. The molecule has 68 valence electrons. The second-order valence-electron chi connectivity index (χ2n) is 2.21. The van der Waals surface area contributed by atoms with Gasteiger partial charge in [-0.3, -0.25) is 4.79 Å². The van der Waals surface area contributed by atoms with E-state index in [0.29, 0.717) is 0 Å². The third kappa shape index (κ3) is 3.16. The monoisotopic (exact) mass is 173 g/mol. The van der Waals surface area contributed by atoms with Crippen LogP contribution in [0.15, 0.2) is 12.7 Å². The minimum Gasteiger partial charge on any atom is -0.480 e. The van der Waals surface area contributed by atoms with Crippen LogP contribution in [0.4, 0.5) is 0 Å². The first kappa shape index (κ1) is 10.6. The molecule has 0 rings (SSSR count). The summed E-state index contributed by atoms with van der Waals surface area (Å²) >= 11 is 0.